The van der Waals surface area contributed by atoms with E-state index < -0.39 is 12.0 Å². The van der Waals surface area contributed by atoms with E-state index >= 15 is 0 Å². The minimum absolute atomic E-state index is 0.241. The fourth-order valence-corrected chi connectivity index (χ4v) is 3.47. The third-order valence-electron chi connectivity index (χ3n) is 3.60. The van der Waals surface area contributed by atoms with Crippen LogP contribution in [0.3, 0.4) is 0 Å². The van der Waals surface area contributed by atoms with E-state index in [1.54, 1.807) is 42.1 Å². The van der Waals surface area contributed by atoms with Crippen LogP contribution in [0.25, 0.3) is 0 Å². The van der Waals surface area contributed by atoms with Crippen LogP contribution in [-0.4, -0.2) is 42.3 Å². The molecule has 1 amide bonds. The van der Waals surface area contributed by atoms with Gasteiger partial charge in [-0.15, -0.1) is 11.3 Å². The first kappa shape index (κ1) is 20.2. The Labute approximate surface area is 161 Å². The van der Waals surface area contributed by atoms with Crippen LogP contribution in [0.15, 0.2) is 42.5 Å². The molecule has 1 aromatic heterocycles. The molecule has 0 aliphatic heterocycles. The zero-order valence-corrected chi connectivity index (χ0v) is 16.3. The van der Waals surface area contributed by atoms with E-state index in [2.05, 4.69) is 5.32 Å². The lowest BCUT2D eigenvalue weighted by molar-refractivity contribution is -0.144. The summed E-state index contributed by atoms with van der Waals surface area (Å²) in [7, 11) is 0. The molecule has 0 spiro atoms. The van der Waals surface area contributed by atoms with Gasteiger partial charge in [0.15, 0.2) is 6.61 Å². The van der Waals surface area contributed by atoms with Crippen molar-refractivity contribution in [2.45, 2.75) is 19.4 Å². The quantitative estimate of drug-likeness (QED) is 0.524. The van der Waals surface area contributed by atoms with E-state index in [0.717, 1.165) is 4.88 Å². The normalized spacial score (nSPS) is 11.6. The van der Waals surface area contributed by atoms with Gasteiger partial charge in [-0.2, -0.15) is 11.8 Å². The van der Waals surface area contributed by atoms with Crippen LogP contribution >= 0.6 is 23.1 Å². The topological polar surface area (TPSA) is 72.5 Å². The number of carbonyl (C=O) groups excluding carboxylic acids is 3. The minimum Gasteiger partial charge on any atom is -0.456 e. The van der Waals surface area contributed by atoms with Gasteiger partial charge in [-0.1, -0.05) is 18.2 Å². The van der Waals surface area contributed by atoms with Gasteiger partial charge >= 0.3 is 5.97 Å². The van der Waals surface area contributed by atoms with Gasteiger partial charge in [0.25, 0.3) is 5.91 Å². The molecule has 0 unspecified atom stereocenters. The van der Waals surface area contributed by atoms with Gasteiger partial charge in [-0.05, 0) is 49.6 Å². The number of hydrogen-bond acceptors (Lipinski definition) is 6. The van der Waals surface area contributed by atoms with E-state index in [-0.39, 0.29) is 18.3 Å². The van der Waals surface area contributed by atoms with Crippen LogP contribution in [0.1, 0.15) is 31.3 Å². The molecule has 2 rings (SSSR count). The Morgan fingerprint density at radius 1 is 1.15 bits per heavy atom. The zero-order valence-electron chi connectivity index (χ0n) is 14.7. The third kappa shape index (κ3) is 6.00. The number of ether oxygens (including phenoxy) is 1. The van der Waals surface area contributed by atoms with Gasteiger partial charge in [0.2, 0.25) is 5.78 Å². The van der Waals surface area contributed by atoms with Gasteiger partial charge in [0.1, 0.15) is 6.04 Å². The van der Waals surface area contributed by atoms with Crippen molar-refractivity contribution in [2.24, 2.45) is 0 Å². The van der Waals surface area contributed by atoms with E-state index in [0.29, 0.717) is 22.6 Å². The highest BCUT2D eigenvalue weighted by atomic mass is 32.2. The molecule has 0 bridgehead atoms. The fraction of sp³-hybridized carbons (Fsp3) is 0.316. The van der Waals surface area contributed by atoms with Gasteiger partial charge in [-0.25, -0.2) is 4.79 Å². The number of amides is 1. The Morgan fingerprint density at radius 2 is 1.88 bits per heavy atom. The smallest absolute Gasteiger partial charge is 0.329 e. The monoisotopic (exact) mass is 391 g/mol. The van der Waals surface area contributed by atoms with Crippen molar-refractivity contribution >= 4 is 40.8 Å². The number of hydrogen-bond donors (Lipinski definition) is 1. The van der Waals surface area contributed by atoms with Crippen molar-refractivity contribution < 1.29 is 19.1 Å². The molecule has 1 atom stereocenters. The van der Waals surface area contributed by atoms with Crippen molar-refractivity contribution in [2.75, 3.05) is 18.6 Å². The molecule has 5 nitrogen and oxygen atoms in total. The summed E-state index contributed by atoms with van der Waals surface area (Å²) in [6.45, 7) is 1.58. The number of nitrogens with one attached hydrogen (secondary N) is 1. The van der Waals surface area contributed by atoms with Crippen LogP contribution in [0.5, 0.6) is 0 Å². The standard InChI is InChI=1S/C19H21NO4S2/c1-13-8-9-17(26-13)16(21)12-24-19(23)15(10-11-25-2)20-18(22)14-6-4-3-5-7-14/h3-9,15H,10-12H2,1-2H3,(H,20,22)/t15-/m0/s1. The number of thioether (sulfide) groups is 1. The number of thiophene rings is 1. The molecular weight excluding hydrogens is 370 g/mol. The Morgan fingerprint density at radius 3 is 2.50 bits per heavy atom. The number of Topliss-reactive ketones (excluding diaryl/α,β-unsaturated/α-hetero) is 1. The Bertz CT molecular complexity index is 758. The number of esters is 1. The molecule has 0 aliphatic rings. The maximum atomic E-state index is 12.4. The summed E-state index contributed by atoms with van der Waals surface area (Å²) in [5.74, 6) is -0.485. The highest BCUT2D eigenvalue weighted by Gasteiger charge is 2.23. The molecule has 1 aromatic carbocycles. The average molecular weight is 392 g/mol. The molecule has 0 saturated heterocycles. The molecule has 1 N–H and O–H groups in total. The summed E-state index contributed by atoms with van der Waals surface area (Å²) < 4.78 is 5.16. The third-order valence-corrected chi connectivity index (χ3v) is 5.28. The highest BCUT2D eigenvalue weighted by molar-refractivity contribution is 7.98. The summed E-state index contributed by atoms with van der Waals surface area (Å²) in [6, 6.07) is 11.5. The lowest BCUT2D eigenvalue weighted by Crippen LogP contribution is -2.42. The highest BCUT2D eigenvalue weighted by Crippen LogP contribution is 2.16. The van der Waals surface area contributed by atoms with Crippen LogP contribution in [0.4, 0.5) is 0 Å². The Balaban J connectivity index is 1.95. The molecule has 0 radical (unpaired) electrons. The molecular formula is C19H21NO4S2. The molecule has 2 aromatic rings. The van der Waals surface area contributed by atoms with Crippen LogP contribution in [0.2, 0.25) is 0 Å². The number of benzene rings is 1. The minimum atomic E-state index is -0.784. The lowest BCUT2D eigenvalue weighted by Gasteiger charge is -2.17. The summed E-state index contributed by atoms with van der Waals surface area (Å²) in [4.78, 5) is 38.3. The Hall–Kier alpha value is -2.12. The van der Waals surface area contributed by atoms with Crippen LogP contribution in [-0.2, 0) is 9.53 Å². The van der Waals surface area contributed by atoms with E-state index in [1.807, 2.05) is 25.3 Å². The number of ketones is 1. The van der Waals surface area contributed by atoms with Gasteiger partial charge in [0, 0.05) is 10.4 Å². The molecule has 7 heteroatoms. The summed E-state index contributed by atoms with van der Waals surface area (Å²) >= 11 is 2.93. The van der Waals surface area contributed by atoms with Crippen LogP contribution in [0, 0.1) is 6.92 Å². The fourth-order valence-electron chi connectivity index (χ4n) is 2.21. The molecule has 138 valence electrons. The lowest BCUT2D eigenvalue weighted by atomic mass is 10.1. The summed E-state index contributed by atoms with van der Waals surface area (Å²) in [5.41, 5.74) is 0.472. The number of aryl methyl sites for hydroxylation is 1. The van der Waals surface area contributed by atoms with Crippen LogP contribution < -0.4 is 5.32 Å². The molecule has 0 saturated carbocycles. The van der Waals surface area contributed by atoms with Crippen molar-refractivity contribution in [1.82, 2.24) is 5.32 Å². The first-order chi connectivity index (χ1) is 12.5. The van der Waals surface area contributed by atoms with Crippen molar-refractivity contribution in [1.29, 1.82) is 0 Å². The molecule has 26 heavy (non-hydrogen) atoms. The van der Waals surface area contributed by atoms with E-state index in [9.17, 15) is 14.4 Å². The average Bonchev–Trinajstić information content (AvgIpc) is 3.09. The van der Waals surface area contributed by atoms with Crippen molar-refractivity contribution in [3.8, 4) is 0 Å². The summed E-state index contributed by atoms with van der Waals surface area (Å²) in [5, 5.41) is 2.70. The van der Waals surface area contributed by atoms with E-state index in [1.165, 1.54) is 11.3 Å². The van der Waals surface area contributed by atoms with Gasteiger partial charge in [0.05, 0.1) is 4.88 Å². The van der Waals surface area contributed by atoms with Crippen molar-refractivity contribution in [3.63, 3.8) is 0 Å². The molecule has 1 heterocycles. The number of rotatable bonds is 9. The molecule has 0 fully saturated rings. The number of carbonyl (C=O) groups is 3. The molecule has 0 aliphatic carbocycles. The SMILES string of the molecule is CSCC[C@H](NC(=O)c1ccccc1)C(=O)OCC(=O)c1ccc(C)s1. The maximum absolute atomic E-state index is 12.4. The largest absolute Gasteiger partial charge is 0.456 e. The first-order valence-corrected chi connectivity index (χ1v) is 10.3. The predicted molar refractivity (Wildman–Crippen MR) is 105 cm³/mol. The first-order valence-electron chi connectivity index (χ1n) is 8.12. The second-order valence-corrected chi connectivity index (χ2v) is 7.89. The Kier molecular flexibility index (Phi) is 7.87. The zero-order chi connectivity index (χ0) is 18.9. The van der Waals surface area contributed by atoms with Gasteiger partial charge < -0.3 is 10.1 Å². The van der Waals surface area contributed by atoms with E-state index in [4.69, 9.17) is 4.74 Å². The summed E-state index contributed by atoms with van der Waals surface area (Å²) in [6.07, 6.45) is 2.36. The van der Waals surface area contributed by atoms with Gasteiger partial charge in [-0.3, -0.25) is 9.59 Å². The second-order valence-electron chi connectivity index (χ2n) is 5.61. The maximum Gasteiger partial charge on any atom is 0.329 e. The predicted octanol–water partition coefficient (Wildman–Crippen LogP) is 3.33. The van der Waals surface area contributed by atoms with Crippen molar-refractivity contribution in [3.05, 3.63) is 57.8 Å². The second kappa shape index (κ2) is 10.1.